The summed E-state index contributed by atoms with van der Waals surface area (Å²) in [5.41, 5.74) is 4.98. The Morgan fingerprint density at radius 3 is 2.42 bits per heavy atom. The van der Waals surface area contributed by atoms with Crippen LogP contribution >= 0.6 is 0 Å². The third-order valence-corrected chi connectivity index (χ3v) is 4.47. The standard InChI is InChI=1S/C20H22N2O2/c1-13-5-8-17(9-6-13)21-20(24)16-11-19(23)22(12-16)18-10-14(2)4-7-15(18)3/h4-10,16H,11-12H2,1-3H3,(H,21,24)/t16-/m1/s1. The fourth-order valence-electron chi connectivity index (χ4n) is 3.01. The summed E-state index contributed by atoms with van der Waals surface area (Å²) in [4.78, 5) is 26.6. The molecule has 1 heterocycles. The van der Waals surface area contributed by atoms with Crippen molar-refractivity contribution in [2.75, 3.05) is 16.8 Å². The molecular weight excluding hydrogens is 300 g/mol. The van der Waals surface area contributed by atoms with Crippen LogP contribution < -0.4 is 10.2 Å². The van der Waals surface area contributed by atoms with E-state index in [-0.39, 0.29) is 24.2 Å². The Morgan fingerprint density at radius 2 is 1.71 bits per heavy atom. The van der Waals surface area contributed by atoms with Crippen molar-refractivity contribution in [3.63, 3.8) is 0 Å². The van der Waals surface area contributed by atoms with E-state index in [0.717, 1.165) is 28.1 Å². The van der Waals surface area contributed by atoms with Gasteiger partial charge in [0.2, 0.25) is 11.8 Å². The van der Waals surface area contributed by atoms with Gasteiger partial charge in [0.15, 0.2) is 0 Å². The zero-order valence-electron chi connectivity index (χ0n) is 14.3. The van der Waals surface area contributed by atoms with Crippen LogP contribution in [0.25, 0.3) is 0 Å². The molecule has 0 bridgehead atoms. The van der Waals surface area contributed by atoms with E-state index < -0.39 is 0 Å². The number of hydrogen-bond donors (Lipinski definition) is 1. The SMILES string of the molecule is Cc1ccc(NC(=O)[C@@H]2CC(=O)N(c3cc(C)ccc3C)C2)cc1. The molecule has 0 saturated carbocycles. The lowest BCUT2D eigenvalue weighted by atomic mass is 10.1. The van der Waals surface area contributed by atoms with E-state index in [9.17, 15) is 9.59 Å². The summed E-state index contributed by atoms with van der Waals surface area (Å²) in [6, 6.07) is 13.7. The largest absolute Gasteiger partial charge is 0.326 e. The third-order valence-electron chi connectivity index (χ3n) is 4.47. The molecule has 1 aliphatic rings. The van der Waals surface area contributed by atoms with E-state index in [1.165, 1.54) is 0 Å². The van der Waals surface area contributed by atoms with Gasteiger partial charge in [0, 0.05) is 24.3 Å². The Balaban J connectivity index is 1.73. The van der Waals surface area contributed by atoms with Crippen LogP contribution in [0.2, 0.25) is 0 Å². The van der Waals surface area contributed by atoms with Crippen LogP contribution in [0.1, 0.15) is 23.1 Å². The number of benzene rings is 2. The van der Waals surface area contributed by atoms with Crippen molar-refractivity contribution in [1.29, 1.82) is 0 Å². The minimum absolute atomic E-state index is 0.00718. The average molecular weight is 322 g/mol. The summed E-state index contributed by atoms with van der Waals surface area (Å²) < 4.78 is 0. The molecule has 1 saturated heterocycles. The van der Waals surface area contributed by atoms with Crippen molar-refractivity contribution in [2.24, 2.45) is 5.92 Å². The van der Waals surface area contributed by atoms with Gasteiger partial charge in [-0.3, -0.25) is 9.59 Å². The van der Waals surface area contributed by atoms with E-state index in [2.05, 4.69) is 5.32 Å². The zero-order valence-corrected chi connectivity index (χ0v) is 14.3. The second-order valence-electron chi connectivity index (χ2n) is 6.55. The molecule has 4 heteroatoms. The molecule has 0 aromatic heterocycles. The maximum atomic E-state index is 12.5. The predicted octanol–water partition coefficient (Wildman–Crippen LogP) is 3.60. The number of nitrogens with zero attached hydrogens (tertiary/aromatic N) is 1. The van der Waals surface area contributed by atoms with Crippen LogP contribution in [0.3, 0.4) is 0 Å². The lowest BCUT2D eigenvalue weighted by molar-refractivity contribution is -0.122. The molecular formula is C20H22N2O2. The fraction of sp³-hybridized carbons (Fsp3) is 0.300. The van der Waals surface area contributed by atoms with Crippen molar-refractivity contribution < 1.29 is 9.59 Å². The van der Waals surface area contributed by atoms with Crippen molar-refractivity contribution >= 4 is 23.2 Å². The maximum absolute atomic E-state index is 12.5. The Hall–Kier alpha value is -2.62. The molecule has 24 heavy (non-hydrogen) atoms. The Morgan fingerprint density at radius 1 is 1.04 bits per heavy atom. The number of aryl methyl sites for hydroxylation is 3. The Labute approximate surface area is 142 Å². The molecule has 124 valence electrons. The van der Waals surface area contributed by atoms with Gasteiger partial charge in [-0.15, -0.1) is 0 Å². The Kier molecular flexibility index (Phi) is 4.38. The number of rotatable bonds is 3. The van der Waals surface area contributed by atoms with Gasteiger partial charge < -0.3 is 10.2 Å². The summed E-state index contributed by atoms with van der Waals surface area (Å²) in [6.07, 6.45) is 0.255. The number of nitrogens with one attached hydrogen (secondary N) is 1. The number of hydrogen-bond acceptors (Lipinski definition) is 2. The second-order valence-corrected chi connectivity index (χ2v) is 6.55. The third kappa shape index (κ3) is 3.32. The monoisotopic (exact) mass is 322 g/mol. The first kappa shape index (κ1) is 16.2. The van der Waals surface area contributed by atoms with Gasteiger partial charge in [-0.05, 0) is 50.1 Å². The molecule has 0 aliphatic carbocycles. The van der Waals surface area contributed by atoms with E-state index in [4.69, 9.17) is 0 Å². The van der Waals surface area contributed by atoms with E-state index >= 15 is 0 Å². The topological polar surface area (TPSA) is 49.4 Å². The second kappa shape index (κ2) is 6.48. The molecule has 2 amide bonds. The van der Waals surface area contributed by atoms with Crippen molar-refractivity contribution in [2.45, 2.75) is 27.2 Å². The van der Waals surface area contributed by atoms with E-state index in [1.54, 1.807) is 4.90 Å². The normalized spacial score (nSPS) is 17.2. The van der Waals surface area contributed by atoms with Gasteiger partial charge in [0.25, 0.3) is 0 Å². The lowest BCUT2D eigenvalue weighted by Crippen LogP contribution is -2.28. The van der Waals surface area contributed by atoms with Crippen molar-refractivity contribution in [3.05, 3.63) is 59.2 Å². The minimum Gasteiger partial charge on any atom is -0.326 e. The molecule has 0 radical (unpaired) electrons. The highest BCUT2D eigenvalue weighted by atomic mass is 16.2. The first-order valence-corrected chi connectivity index (χ1v) is 8.19. The minimum atomic E-state index is -0.321. The summed E-state index contributed by atoms with van der Waals surface area (Å²) in [6.45, 7) is 6.43. The molecule has 0 unspecified atom stereocenters. The summed E-state index contributed by atoms with van der Waals surface area (Å²) in [7, 11) is 0. The predicted molar refractivity (Wildman–Crippen MR) is 96.2 cm³/mol. The Bertz CT molecular complexity index is 781. The molecule has 2 aromatic carbocycles. The molecule has 1 N–H and O–H groups in total. The molecule has 3 rings (SSSR count). The molecule has 2 aromatic rings. The van der Waals surface area contributed by atoms with Gasteiger partial charge >= 0.3 is 0 Å². The van der Waals surface area contributed by atoms with Crippen molar-refractivity contribution in [1.82, 2.24) is 0 Å². The van der Waals surface area contributed by atoms with Crippen LogP contribution in [0.4, 0.5) is 11.4 Å². The van der Waals surface area contributed by atoms with Crippen LogP contribution in [0, 0.1) is 26.7 Å². The molecule has 1 atom stereocenters. The quantitative estimate of drug-likeness (QED) is 0.938. The lowest BCUT2D eigenvalue weighted by Gasteiger charge is -2.19. The van der Waals surface area contributed by atoms with Gasteiger partial charge in [-0.25, -0.2) is 0 Å². The fourth-order valence-corrected chi connectivity index (χ4v) is 3.01. The summed E-state index contributed by atoms with van der Waals surface area (Å²) in [5, 5.41) is 2.91. The van der Waals surface area contributed by atoms with Gasteiger partial charge in [0.1, 0.15) is 0 Å². The van der Waals surface area contributed by atoms with E-state index in [0.29, 0.717) is 6.54 Å². The molecule has 1 aliphatic heterocycles. The van der Waals surface area contributed by atoms with E-state index in [1.807, 2.05) is 63.2 Å². The summed E-state index contributed by atoms with van der Waals surface area (Å²) >= 11 is 0. The van der Waals surface area contributed by atoms with Crippen LogP contribution in [0.15, 0.2) is 42.5 Å². The summed E-state index contributed by atoms with van der Waals surface area (Å²) in [5.74, 6) is -0.411. The first-order chi connectivity index (χ1) is 11.4. The zero-order chi connectivity index (χ0) is 17.3. The van der Waals surface area contributed by atoms with Gasteiger partial charge in [-0.1, -0.05) is 29.8 Å². The van der Waals surface area contributed by atoms with Crippen LogP contribution in [-0.2, 0) is 9.59 Å². The van der Waals surface area contributed by atoms with Crippen molar-refractivity contribution in [3.8, 4) is 0 Å². The number of carbonyl (C=O) groups excluding carboxylic acids is 2. The number of carbonyl (C=O) groups is 2. The maximum Gasteiger partial charge on any atom is 0.229 e. The number of amides is 2. The van der Waals surface area contributed by atoms with Gasteiger partial charge in [0.05, 0.1) is 5.92 Å². The molecule has 0 spiro atoms. The highest BCUT2D eigenvalue weighted by Crippen LogP contribution is 2.29. The first-order valence-electron chi connectivity index (χ1n) is 8.19. The molecule has 4 nitrogen and oxygen atoms in total. The highest BCUT2D eigenvalue weighted by molar-refractivity contribution is 6.03. The van der Waals surface area contributed by atoms with Gasteiger partial charge in [-0.2, -0.15) is 0 Å². The number of anilines is 2. The molecule has 1 fully saturated rings. The smallest absolute Gasteiger partial charge is 0.229 e. The average Bonchev–Trinajstić information content (AvgIpc) is 2.94. The van der Waals surface area contributed by atoms with Crippen LogP contribution in [0.5, 0.6) is 0 Å². The highest BCUT2D eigenvalue weighted by Gasteiger charge is 2.35. The van der Waals surface area contributed by atoms with Crippen LogP contribution in [-0.4, -0.2) is 18.4 Å².